The van der Waals surface area contributed by atoms with Crippen molar-refractivity contribution in [3.63, 3.8) is 0 Å². The summed E-state index contributed by atoms with van der Waals surface area (Å²) in [7, 11) is 1.76. The zero-order valence-corrected chi connectivity index (χ0v) is 12.8. The Morgan fingerprint density at radius 2 is 1.95 bits per heavy atom. The molecule has 0 fully saturated rings. The van der Waals surface area contributed by atoms with E-state index in [2.05, 4.69) is 43.9 Å². The zero-order valence-electron chi connectivity index (χ0n) is 12.8. The first kappa shape index (κ1) is 16.0. The van der Waals surface area contributed by atoms with Gasteiger partial charge < -0.3 is 15.4 Å². The number of hydrogen-bond donors (Lipinski definition) is 1. The van der Waals surface area contributed by atoms with E-state index in [-0.39, 0.29) is 0 Å². The van der Waals surface area contributed by atoms with E-state index in [0.29, 0.717) is 12.6 Å². The summed E-state index contributed by atoms with van der Waals surface area (Å²) in [6, 6.07) is 7.07. The molecule has 0 saturated heterocycles. The van der Waals surface area contributed by atoms with Gasteiger partial charge in [0.1, 0.15) is 0 Å². The van der Waals surface area contributed by atoms with Gasteiger partial charge in [-0.05, 0) is 37.0 Å². The van der Waals surface area contributed by atoms with Crippen LogP contribution in [0.4, 0.5) is 5.69 Å². The standard InChI is InChI=1S/C16H28N2O/c1-5-15(6-2)18(9-10-19-4)16-11-13(3)7-8-14(16)12-17/h7-8,11,15H,5-6,9-10,12,17H2,1-4H3. The number of aryl methyl sites for hydroxylation is 1. The monoisotopic (exact) mass is 264 g/mol. The summed E-state index contributed by atoms with van der Waals surface area (Å²) in [5.41, 5.74) is 9.66. The molecule has 1 aromatic carbocycles. The molecule has 0 amide bonds. The van der Waals surface area contributed by atoms with Crippen LogP contribution in [0.25, 0.3) is 0 Å². The van der Waals surface area contributed by atoms with Crippen LogP contribution in [0, 0.1) is 6.92 Å². The first-order chi connectivity index (χ1) is 9.17. The van der Waals surface area contributed by atoms with Crippen molar-refractivity contribution in [1.82, 2.24) is 0 Å². The molecule has 108 valence electrons. The quantitative estimate of drug-likeness (QED) is 0.784. The Morgan fingerprint density at radius 3 is 2.47 bits per heavy atom. The van der Waals surface area contributed by atoms with Gasteiger partial charge in [0.05, 0.1) is 6.61 Å². The molecule has 0 aliphatic rings. The SMILES string of the molecule is CCC(CC)N(CCOC)c1cc(C)ccc1CN. The Balaban J connectivity index is 3.10. The highest BCUT2D eigenvalue weighted by Gasteiger charge is 2.18. The summed E-state index contributed by atoms with van der Waals surface area (Å²) >= 11 is 0. The number of anilines is 1. The molecule has 1 aromatic rings. The van der Waals surface area contributed by atoms with Gasteiger partial charge in [0.25, 0.3) is 0 Å². The largest absolute Gasteiger partial charge is 0.383 e. The second-order valence-electron chi connectivity index (χ2n) is 4.99. The van der Waals surface area contributed by atoms with E-state index in [0.717, 1.165) is 26.0 Å². The van der Waals surface area contributed by atoms with Gasteiger partial charge >= 0.3 is 0 Å². The van der Waals surface area contributed by atoms with Gasteiger partial charge in [0.15, 0.2) is 0 Å². The Labute approximate surface area is 117 Å². The topological polar surface area (TPSA) is 38.5 Å². The van der Waals surface area contributed by atoms with Crippen LogP contribution in [0.1, 0.15) is 37.8 Å². The van der Waals surface area contributed by atoms with Crippen LogP contribution in [0.5, 0.6) is 0 Å². The molecule has 0 atom stereocenters. The molecule has 3 nitrogen and oxygen atoms in total. The van der Waals surface area contributed by atoms with E-state index in [1.165, 1.54) is 16.8 Å². The van der Waals surface area contributed by atoms with Gasteiger partial charge in [0, 0.05) is 31.9 Å². The molecule has 0 aliphatic heterocycles. The second-order valence-corrected chi connectivity index (χ2v) is 4.99. The van der Waals surface area contributed by atoms with E-state index in [4.69, 9.17) is 10.5 Å². The van der Waals surface area contributed by atoms with Crippen LogP contribution in [-0.4, -0.2) is 26.3 Å². The molecule has 0 radical (unpaired) electrons. The molecule has 0 aliphatic carbocycles. The lowest BCUT2D eigenvalue weighted by Gasteiger charge is -2.34. The summed E-state index contributed by atoms with van der Waals surface area (Å²) in [5, 5.41) is 0. The highest BCUT2D eigenvalue weighted by Crippen LogP contribution is 2.26. The number of ether oxygens (including phenoxy) is 1. The third kappa shape index (κ3) is 4.22. The first-order valence-electron chi connectivity index (χ1n) is 7.23. The third-order valence-corrected chi connectivity index (χ3v) is 3.69. The van der Waals surface area contributed by atoms with Crippen molar-refractivity contribution in [3.8, 4) is 0 Å². The number of hydrogen-bond acceptors (Lipinski definition) is 3. The molecule has 0 heterocycles. The smallest absolute Gasteiger partial charge is 0.0637 e. The maximum atomic E-state index is 5.89. The van der Waals surface area contributed by atoms with Crippen LogP contribution >= 0.6 is 0 Å². The first-order valence-corrected chi connectivity index (χ1v) is 7.23. The van der Waals surface area contributed by atoms with E-state index in [9.17, 15) is 0 Å². The van der Waals surface area contributed by atoms with Crippen molar-refractivity contribution in [3.05, 3.63) is 29.3 Å². The van der Waals surface area contributed by atoms with Crippen molar-refractivity contribution in [1.29, 1.82) is 0 Å². The van der Waals surface area contributed by atoms with Crippen LogP contribution in [0.3, 0.4) is 0 Å². The Kier molecular flexibility index (Phi) is 6.89. The fraction of sp³-hybridized carbons (Fsp3) is 0.625. The van der Waals surface area contributed by atoms with Crippen molar-refractivity contribution >= 4 is 5.69 Å². The summed E-state index contributed by atoms with van der Waals surface area (Å²) in [5.74, 6) is 0. The molecule has 0 spiro atoms. The predicted molar refractivity (Wildman–Crippen MR) is 82.7 cm³/mol. The summed E-state index contributed by atoms with van der Waals surface area (Å²) in [6.45, 7) is 8.86. The third-order valence-electron chi connectivity index (χ3n) is 3.69. The van der Waals surface area contributed by atoms with Crippen molar-refractivity contribution < 1.29 is 4.74 Å². The number of nitrogens with two attached hydrogens (primary N) is 1. The molecule has 0 bridgehead atoms. The van der Waals surface area contributed by atoms with E-state index in [1.54, 1.807) is 7.11 Å². The average Bonchev–Trinajstić information content (AvgIpc) is 2.43. The van der Waals surface area contributed by atoms with E-state index >= 15 is 0 Å². The normalized spacial score (nSPS) is 11.1. The molecule has 2 N–H and O–H groups in total. The zero-order chi connectivity index (χ0) is 14.3. The highest BCUT2D eigenvalue weighted by molar-refractivity contribution is 5.56. The molecule has 19 heavy (non-hydrogen) atoms. The number of benzene rings is 1. The average molecular weight is 264 g/mol. The maximum absolute atomic E-state index is 5.89. The lowest BCUT2D eigenvalue weighted by molar-refractivity contribution is 0.202. The van der Waals surface area contributed by atoms with E-state index < -0.39 is 0 Å². The minimum Gasteiger partial charge on any atom is -0.383 e. The minimum absolute atomic E-state index is 0.544. The fourth-order valence-electron chi connectivity index (χ4n) is 2.53. The number of rotatable bonds is 8. The minimum atomic E-state index is 0.544. The Bertz CT molecular complexity index is 375. The molecule has 0 unspecified atom stereocenters. The molecular formula is C16H28N2O. The van der Waals surface area contributed by atoms with Crippen molar-refractivity contribution in [2.75, 3.05) is 25.2 Å². The summed E-state index contributed by atoms with van der Waals surface area (Å²) < 4.78 is 5.26. The molecular weight excluding hydrogens is 236 g/mol. The summed E-state index contributed by atoms with van der Waals surface area (Å²) in [6.07, 6.45) is 2.27. The van der Waals surface area contributed by atoms with Gasteiger partial charge in [-0.3, -0.25) is 0 Å². The van der Waals surface area contributed by atoms with Crippen molar-refractivity contribution in [2.45, 2.75) is 46.2 Å². The fourth-order valence-corrected chi connectivity index (χ4v) is 2.53. The van der Waals surface area contributed by atoms with Crippen LogP contribution < -0.4 is 10.6 Å². The molecule has 3 heteroatoms. The van der Waals surface area contributed by atoms with Gasteiger partial charge in [0.2, 0.25) is 0 Å². The Morgan fingerprint density at radius 1 is 1.26 bits per heavy atom. The molecule has 1 rings (SSSR count). The summed E-state index contributed by atoms with van der Waals surface area (Å²) in [4.78, 5) is 2.46. The van der Waals surface area contributed by atoms with Gasteiger partial charge in [-0.2, -0.15) is 0 Å². The molecule has 0 saturated carbocycles. The lowest BCUT2D eigenvalue weighted by Crippen LogP contribution is -2.38. The van der Waals surface area contributed by atoms with Crippen LogP contribution in [0.2, 0.25) is 0 Å². The Hall–Kier alpha value is -1.06. The maximum Gasteiger partial charge on any atom is 0.0637 e. The number of methoxy groups -OCH3 is 1. The predicted octanol–water partition coefficient (Wildman–Crippen LogP) is 3.10. The lowest BCUT2D eigenvalue weighted by atomic mass is 10.0. The van der Waals surface area contributed by atoms with Gasteiger partial charge in [-0.15, -0.1) is 0 Å². The van der Waals surface area contributed by atoms with Gasteiger partial charge in [-0.1, -0.05) is 26.0 Å². The van der Waals surface area contributed by atoms with Crippen molar-refractivity contribution in [2.24, 2.45) is 5.73 Å². The van der Waals surface area contributed by atoms with E-state index in [1.807, 2.05) is 0 Å². The number of nitrogens with zero attached hydrogens (tertiary/aromatic N) is 1. The van der Waals surface area contributed by atoms with Crippen LogP contribution in [0.15, 0.2) is 18.2 Å². The highest BCUT2D eigenvalue weighted by atomic mass is 16.5. The van der Waals surface area contributed by atoms with Gasteiger partial charge in [-0.25, -0.2) is 0 Å². The van der Waals surface area contributed by atoms with Crippen LogP contribution in [-0.2, 0) is 11.3 Å². The second kappa shape index (κ2) is 8.18. The molecule has 0 aromatic heterocycles.